The number of rotatable bonds is 6. The van der Waals surface area contributed by atoms with E-state index < -0.39 is 10.7 Å². The van der Waals surface area contributed by atoms with Gasteiger partial charge in [0.2, 0.25) is 0 Å². The Morgan fingerprint density at radius 3 is 2.90 bits per heavy atom. The zero-order valence-electron chi connectivity index (χ0n) is 11.9. The number of nitrogens with one attached hydrogen (secondary N) is 1. The van der Waals surface area contributed by atoms with Crippen molar-refractivity contribution in [1.82, 2.24) is 15.1 Å². The molecule has 0 bridgehead atoms. The Morgan fingerprint density at radius 2 is 2.24 bits per heavy atom. The van der Waals surface area contributed by atoms with Gasteiger partial charge in [-0.1, -0.05) is 13.8 Å². The van der Waals surface area contributed by atoms with Crippen molar-refractivity contribution in [2.45, 2.75) is 33.0 Å². The van der Waals surface area contributed by atoms with Crippen LogP contribution in [0.5, 0.6) is 0 Å². The van der Waals surface area contributed by atoms with Gasteiger partial charge in [0, 0.05) is 30.4 Å². The molecule has 1 aromatic heterocycles. The van der Waals surface area contributed by atoms with Crippen LogP contribution in [0.15, 0.2) is 30.6 Å². The molecule has 0 amide bonds. The van der Waals surface area contributed by atoms with Crippen LogP contribution in [0.1, 0.15) is 25.0 Å². The summed E-state index contributed by atoms with van der Waals surface area (Å²) in [5.74, 6) is -0.496. The molecular weight excluding hydrogens is 275 g/mol. The maximum absolute atomic E-state index is 13.3. The average molecular weight is 292 g/mol. The lowest BCUT2D eigenvalue weighted by Crippen LogP contribution is -2.21. The summed E-state index contributed by atoms with van der Waals surface area (Å²) in [6, 6.07) is 3.79. The first-order chi connectivity index (χ1) is 9.95. The molecule has 1 heterocycles. The number of nitro groups is 1. The molecule has 2 rings (SSSR count). The first-order valence-electron chi connectivity index (χ1n) is 6.63. The van der Waals surface area contributed by atoms with Gasteiger partial charge >= 0.3 is 0 Å². The lowest BCUT2D eigenvalue weighted by atomic mass is 10.2. The van der Waals surface area contributed by atoms with Crippen LogP contribution in [-0.2, 0) is 13.1 Å². The van der Waals surface area contributed by atoms with E-state index in [2.05, 4.69) is 10.4 Å². The van der Waals surface area contributed by atoms with Crippen molar-refractivity contribution in [2.24, 2.45) is 0 Å². The summed E-state index contributed by atoms with van der Waals surface area (Å²) in [7, 11) is 0. The number of nitrogens with zero attached hydrogens (tertiary/aromatic N) is 3. The second-order valence-electron chi connectivity index (χ2n) is 5.11. The van der Waals surface area contributed by atoms with Crippen LogP contribution < -0.4 is 5.32 Å². The summed E-state index contributed by atoms with van der Waals surface area (Å²) in [5, 5.41) is 18.4. The summed E-state index contributed by atoms with van der Waals surface area (Å²) in [6.45, 7) is 4.92. The molecule has 0 fully saturated rings. The second kappa shape index (κ2) is 6.45. The first kappa shape index (κ1) is 15.1. The molecule has 0 atom stereocenters. The lowest BCUT2D eigenvalue weighted by Gasteiger charge is -2.05. The standard InChI is InChI=1S/C14H17FN4O2/c1-10(2)16-6-11-7-17-18(8-11)9-12-5-13(15)3-4-14(12)19(20)21/h3-5,7-8,10,16H,6,9H2,1-2H3. The predicted octanol–water partition coefficient (Wildman–Crippen LogP) is 2.48. The van der Waals surface area contributed by atoms with E-state index >= 15 is 0 Å². The third kappa shape index (κ3) is 4.09. The average Bonchev–Trinajstić information content (AvgIpc) is 2.83. The number of aromatic nitrogens is 2. The molecule has 1 aromatic carbocycles. The third-order valence-electron chi connectivity index (χ3n) is 2.97. The minimum Gasteiger partial charge on any atom is -0.310 e. The van der Waals surface area contributed by atoms with E-state index in [0.717, 1.165) is 11.6 Å². The van der Waals surface area contributed by atoms with Crippen LogP contribution >= 0.6 is 0 Å². The fraction of sp³-hybridized carbons (Fsp3) is 0.357. The predicted molar refractivity (Wildman–Crippen MR) is 76.4 cm³/mol. The van der Waals surface area contributed by atoms with Crippen LogP contribution in [-0.4, -0.2) is 20.7 Å². The van der Waals surface area contributed by atoms with E-state index in [1.54, 1.807) is 17.1 Å². The molecule has 0 saturated carbocycles. The first-order valence-corrected chi connectivity index (χ1v) is 6.63. The highest BCUT2D eigenvalue weighted by atomic mass is 19.1. The summed E-state index contributed by atoms with van der Waals surface area (Å²) in [5.41, 5.74) is 1.17. The Hall–Kier alpha value is -2.28. The largest absolute Gasteiger partial charge is 0.310 e. The Kier molecular flexibility index (Phi) is 4.64. The van der Waals surface area contributed by atoms with E-state index in [4.69, 9.17) is 0 Å². The van der Waals surface area contributed by atoms with Gasteiger partial charge in [-0.05, 0) is 12.1 Å². The van der Waals surface area contributed by atoms with Gasteiger partial charge in [0.25, 0.3) is 5.69 Å². The maximum atomic E-state index is 13.3. The van der Waals surface area contributed by atoms with Crippen LogP contribution in [0.2, 0.25) is 0 Å². The smallest absolute Gasteiger partial charge is 0.274 e. The SMILES string of the molecule is CC(C)NCc1cnn(Cc2cc(F)ccc2[N+](=O)[O-])c1. The fourth-order valence-corrected chi connectivity index (χ4v) is 1.94. The fourth-order valence-electron chi connectivity index (χ4n) is 1.94. The molecule has 21 heavy (non-hydrogen) atoms. The van der Waals surface area contributed by atoms with Gasteiger partial charge < -0.3 is 5.32 Å². The minimum atomic E-state index is -0.514. The number of benzene rings is 1. The van der Waals surface area contributed by atoms with Crippen molar-refractivity contribution < 1.29 is 9.31 Å². The van der Waals surface area contributed by atoms with E-state index in [1.165, 1.54) is 12.1 Å². The zero-order valence-corrected chi connectivity index (χ0v) is 11.9. The van der Waals surface area contributed by atoms with E-state index in [0.29, 0.717) is 18.2 Å². The van der Waals surface area contributed by atoms with Crippen molar-refractivity contribution in [2.75, 3.05) is 0 Å². The van der Waals surface area contributed by atoms with Crippen LogP contribution in [0.4, 0.5) is 10.1 Å². The number of halogens is 1. The molecule has 0 aliphatic carbocycles. The van der Waals surface area contributed by atoms with Gasteiger partial charge in [0.05, 0.1) is 23.2 Å². The topological polar surface area (TPSA) is 73.0 Å². The van der Waals surface area contributed by atoms with Gasteiger partial charge in [-0.25, -0.2) is 4.39 Å². The minimum absolute atomic E-state index is 0.103. The maximum Gasteiger partial charge on any atom is 0.274 e. The van der Waals surface area contributed by atoms with Crippen LogP contribution in [0.25, 0.3) is 0 Å². The molecule has 0 unspecified atom stereocenters. The Bertz CT molecular complexity index is 640. The Morgan fingerprint density at radius 1 is 1.48 bits per heavy atom. The monoisotopic (exact) mass is 292 g/mol. The Labute approximate surface area is 121 Å². The molecule has 7 heteroatoms. The molecular formula is C14H17FN4O2. The number of nitro benzene ring substituents is 1. The molecule has 0 aliphatic rings. The van der Waals surface area contributed by atoms with E-state index in [-0.39, 0.29) is 12.2 Å². The van der Waals surface area contributed by atoms with Gasteiger partial charge in [-0.2, -0.15) is 5.10 Å². The third-order valence-corrected chi connectivity index (χ3v) is 2.97. The van der Waals surface area contributed by atoms with E-state index in [1.807, 2.05) is 13.8 Å². The molecule has 0 spiro atoms. The zero-order chi connectivity index (χ0) is 15.4. The normalized spacial score (nSPS) is 11.0. The van der Waals surface area contributed by atoms with Crippen LogP contribution in [0.3, 0.4) is 0 Å². The molecule has 1 N–H and O–H groups in total. The number of hydrogen-bond donors (Lipinski definition) is 1. The summed E-state index contributed by atoms with van der Waals surface area (Å²) >= 11 is 0. The van der Waals surface area contributed by atoms with Gasteiger partial charge in [-0.3, -0.25) is 14.8 Å². The molecule has 0 radical (unpaired) electrons. The highest BCUT2D eigenvalue weighted by Gasteiger charge is 2.15. The van der Waals surface area contributed by atoms with Gasteiger partial charge in [0.15, 0.2) is 0 Å². The van der Waals surface area contributed by atoms with Crippen molar-refractivity contribution in [3.63, 3.8) is 0 Å². The second-order valence-corrected chi connectivity index (χ2v) is 5.11. The lowest BCUT2D eigenvalue weighted by molar-refractivity contribution is -0.385. The molecule has 2 aromatic rings. The van der Waals surface area contributed by atoms with Crippen molar-refractivity contribution in [3.8, 4) is 0 Å². The number of hydrogen-bond acceptors (Lipinski definition) is 4. The van der Waals surface area contributed by atoms with Gasteiger partial charge in [0.1, 0.15) is 5.82 Å². The van der Waals surface area contributed by atoms with Crippen molar-refractivity contribution in [3.05, 3.63) is 57.7 Å². The van der Waals surface area contributed by atoms with Crippen LogP contribution in [0, 0.1) is 15.9 Å². The molecule has 6 nitrogen and oxygen atoms in total. The molecule has 0 aliphatic heterocycles. The van der Waals surface area contributed by atoms with Gasteiger partial charge in [-0.15, -0.1) is 0 Å². The van der Waals surface area contributed by atoms with Crippen molar-refractivity contribution in [1.29, 1.82) is 0 Å². The Balaban J connectivity index is 2.15. The highest BCUT2D eigenvalue weighted by Crippen LogP contribution is 2.20. The molecule has 112 valence electrons. The summed E-state index contributed by atoms with van der Waals surface area (Å²) in [6.07, 6.45) is 3.49. The van der Waals surface area contributed by atoms with E-state index in [9.17, 15) is 14.5 Å². The molecule has 0 saturated heterocycles. The summed E-state index contributed by atoms with van der Waals surface area (Å²) < 4.78 is 14.8. The van der Waals surface area contributed by atoms with Crippen molar-refractivity contribution >= 4 is 5.69 Å². The highest BCUT2D eigenvalue weighted by molar-refractivity contribution is 5.40. The quantitative estimate of drug-likeness (QED) is 0.655. The summed E-state index contributed by atoms with van der Waals surface area (Å²) in [4.78, 5) is 10.4.